The monoisotopic (exact) mass is 346 g/mol. The molecule has 0 aliphatic rings. The number of ether oxygens (including phenoxy) is 1. The maximum absolute atomic E-state index is 11.2. The smallest absolute Gasteiger partial charge is 0.373 e. The van der Waals surface area contributed by atoms with Crippen molar-refractivity contribution in [1.82, 2.24) is 9.97 Å². The van der Waals surface area contributed by atoms with Crippen LogP contribution >= 0.6 is 11.8 Å². The normalized spacial score (nSPS) is 10.1. The average molecular weight is 346 g/mol. The summed E-state index contributed by atoms with van der Waals surface area (Å²) in [7, 11) is 3.55. The van der Waals surface area contributed by atoms with Crippen LogP contribution in [0.5, 0.6) is 11.6 Å². The van der Waals surface area contributed by atoms with E-state index < -0.39 is 10.6 Å². The van der Waals surface area contributed by atoms with Crippen LogP contribution in [-0.2, 0) is 0 Å². The third kappa shape index (κ3) is 3.47. The maximum atomic E-state index is 11.2. The average Bonchev–Trinajstić information content (AvgIpc) is 2.53. The SMILES string of the molecule is CSc1nc(N)c([N+](=O)[O-])c(Oc2ccc(C#N)c(N(C)C)c2)n1. The van der Waals surface area contributed by atoms with E-state index in [4.69, 9.17) is 15.7 Å². The molecule has 0 spiro atoms. The van der Waals surface area contributed by atoms with Crippen molar-refractivity contribution in [2.24, 2.45) is 0 Å². The Bertz CT molecular complexity index is 834. The second-order valence-corrected chi connectivity index (χ2v) is 5.57. The lowest BCUT2D eigenvalue weighted by molar-refractivity contribution is -0.385. The maximum Gasteiger partial charge on any atom is 0.373 e. The van der Waals surface area contributed by atoms with E-state index in [-0.39, 0.29) is 16.9 Å². The molecule has 0 aliphatic heterocycles. The third-order valence-corrected chi connectivity index (χ3v) is 3.56. The highest BCUT2D eigenvalue weighted by Gasteiger charge is 2.25. The summed E-state index contributed by atoms with van der Waals surface area (Å²) in [6.07, 6.45) is 1.72. The summed E-state index contributed by atoms with van der Waals surface area (Å²) in [5.74, 6) is -0.215. The Morgan fingerprint density at radius 2 is 2.12 bits per heavy atom. The molecule has 1 heterocycles. The number of thioether (sulfide) groups is 1. The van der Waals surface area contributed by atoms with Crippen LogP contribution in [0.2, 0.25) is 0 Å². The number of nitrogen functional groups attached to an aromatic ring is 1. The number of aromatic nitrogens is 2. The fraction of sp³-hybridized carbons (Fsp3) is 0.214. The number of hydrogen-bond donors (Lipinski definition) is 1. The molecule has 2 N–H and O–H groups in total. The van der Waals surface area contributed by atoms with E-state index in [0.29, 0.717) is 17.0 Å². The summed E-state index contributed by atoms with van der Waals surface area (Å²) in [6.45, 7) is 0. The number of benzene rings is 1. The zero-order chi connectivity index (χ0) is 17.9. The number of nitrogens with zero attached hydrogens (tertiary/aromatic N) is 5. The van der Waals surface area contributed by atoms with Crippen molar-refractivity contribution in [3.8, 4) is 17.7 Å². The van der Waals surface area contributed by atoms with Gasteiger partial charge in [-0.05, 0) is 18.4 Å². The van der Waals surface area contributed by atoms with Crippen molar-refractivity contribution in [2.45, 2.75) is 5.16 Å². The fourth-order valence-corrected chi connectivity index (χ4v) is 2.28. The van der Waals surface area contributed by atoms with Crippen LogP contribution in [0.4, 0.5) is 17.2 Å². The molecule has 124 valence electrons. The predicted octanol–water partition coefficient (Wildman–Crippen LogP) is 2.42. The molecule has 10 heteroatoms. The topological polar surface area (TPSA) is 131 Å². The minimum absolute atomic E-state index is 0.244. The van der Waals surface area contributed by atoms with Crippen molar-refractivity contribution in [3.63, 3.8) is 0 Å². The van der Waals surface area contributed by atoms with Gasteiger partial charge < -0.3 is 15.4 Å². The molecule has 0 atom stereocenters. The van der Waals surface area contributed by atoms with Crippen molar-refractivity contribution >= 4 is 29.0 Å². The van der Waals surface area contributed by atoms with Crippen LogP contribution in [0.1, 0.15) is 5.56 Å². The van der Waals surface area contributed by atoms with Crippen LogP contribution in [0.25, 0.3) is 0 Å². The molecule has 0 radical (unpaired) electrons. The highest BCUT2D eigenvalue weighted by atomic mass is 32.2. The van der Waals surface area contributed by atoms with Gasteiger partial charge in [0.1, 0.15) is 11.8 Å². The largest absolute Gasteiger partial charge is 0.433 e. The Morgan fingerprint density at radius 1 is 1.42 bits per heavy atom. The highest BCUT2D eigenvalue weighted by Crippen LogP contribution is 2.36. The van der Waals surface area contributed by atoms with Crippen molar-refractivity contribution in [3.05, 3.63) is 33.9 Å². The lowest BCUT2D eigenvalue weighted by Crippen LogP contribution is -2.10. The Kier molecular flexibility index (Phi) is 5.05. The summed E-state index contributed by atoms with van der Waals surface area (Å²) in [6, 6.07) is 6.77. The molecule has 1 aromatic heterocycles. The highest BCUT2D eigenvalue weighted by molar-refractivity contribution is 7.98. The quantitative estimate of drug-likeness (QED) is 0.375. The molecular weight excluding hydrogens is 332 g/mol. The second kappa shape index (κ2) is 7.01. The molecule has 0 unspecified atom stereocenters. The Labute approximate surface area is 142 Å². The van der Waals surface area contributed by atoms with Gasteiger partial charge in [0.2, 0.25) is 5.82 Å². The molecule has 24 heavy (non-hydrogen) atoms. The number of rotatable bonds is 5. The molecule has 0 saturated carbocycles. The molecule has 2 rings (SSSR count). The zero-order valence-corrected chi connectivity index (χ0v) is 14.0. The molecule has 0 amide bonds. The Balaban J connectivity index is 2.52. The van der Waals surface area contributed by atoms with Gasteiger partial charge in [0.25, 0.3) is 0 Å². The fourth-order valence-electron chi connectivity index (χ4n) is 1.92. The molecule has 0 fully saturated rings. The molecule has 9 nitrogen and oxygen atoms in total. The van der Waals surface area contributed by atoms with Gasteiger partial charge in [0.15, 0.2) is 5.16 Å². The van der Waals surface area contributed by atoms with Crippen molar-refractivity contribution in [2.75, 3.05) is 31.0 Å². The van der Waals surface area contributed by atoms with Crippen LogP contribution in [0.3, 0.4) is 0 Å². The van der Waals surface area contributed by atoms with Gasteiger partial charge in [-0.25, -0.2) is 0 Å². The first-order chi connectivity index (χ1) is 11.4. The second-order valence-electron chi connectivity index (χ2n) is 4.79. The third-order valence-electron chi connectivity index (χ3n) is 3.01. The van der Waals surface area contributed by atoms with Gasteiger partial charge >= 0.3 is 11.6 Å². The van der Waals surface area contributed by atoms with Crippen LogP contribution in [-0.4, -0.2) is 35.2 Å². The zero-order valence-electron chi connectivity index (χ0n) is 13.2. The Hall–Kier alpha value is -3.06. The number of anilines is 2. The van der Waals surface area contributed by atoms with E-state index in [2.05, 4.69) is 16.0 Å². The number of hydrogen-bond acceptors (Lipinski definition) is 9. The molecule has 0 aliphatic carbocycles. The first-order valence-corrected chi connectivity index (χ1v) is 7.85. The summed E-state index contributed by atoms with van der Waals surface area (Å²) in [5, 5.41) is 20.6. The number of nitrogens with two attached hydrogens (primary N) is 1. The van der Waals surface area contributed by atoms with Crippen LogP contribution in [0.15, 0.2) is 23.4 Å². The summed E-state index contributed by atoms with van der Waals surface area (Å²) in [5.41, 5.74) is 6.21. The molecule has 2 aromatic rings. The van der Waals surface area contributed by atoms with E-state index in [1.807, 2.05) is 0 Å². The van der Waals surface area contributed by atoms with Crippen molar-refractivity contribution < 1.29 is 9.66 Å². The summed E-state index contributed by atoms with van der Waals surface area (Å²) < 4.78 is 5.56. The van der Waals surface area contributed by atoms with E-state index in [1.165, 1.54) is 17.8 Å². The van der Waals surface area contributed by atoms with Crippen molar-refractivity contribution in [1.29, 1.82) is 5.26 Å². The molecule has 0 bridgehead atoms. The molecular formula is C14H14N6O3S. The minimum Gasteiger partial charge on any atom is -0.433 e. The van der Waals surface area contributed by atoms with Gasteiger partial charge in [0.05, 0.1) is 16.2 Å². The van der Waals surface area contributed by atoms with E-state index >= 15 is 0 Å². The summed E-state index contributed by atoms with van der Waals surface area (Å²) >= 11 is 1.19. The predicted molar refractivity (Wildman–Crippen MR) is 90.4 cm³/mol. The molecule has 0 saturated heterocycles. The number of nitriles is 1. The Morgan fingerprint density at radius 3 is 2.67 bits per heavy atom. The van der Waals surface area contributed by atoms with Gasteiger partial charge in [0, 0.05) is 20.2 Å². The first kappa shape index (κ1) is 17.3. The van der Waals surface area contributed by atoms with E-state index in [1.54, 1.807) is 37.4 Å². The minimum atomic E-state index is -0.689. The van der Waals surface area contributed by atoms with Crippen LogP contribution in [0, 0.1) is 21.4 Å². The standard InChI is InChI=1S/C14H14N6O3S/c1-19(2)10-6-9(5-4-8(10)7-15)23-13-11(20(21)22)12(16)17-14(18-13)24-3/h4-6H,1-3H3,(H2,16,17,18). The van der Waals surface area contributed by atoms with E-state index in [9.17, 15) is 10.1 Å². The van der Waals surface area contributed by atoms with E-state index in [0.717, 1.165) is 0 Å². The lowest BCUT2D eigenvalue weighted by Gasteiger charge is -2.15. The molecule has 1 aromatic carbocycles. The van der Waals surface area contributed by atoms with Crippen LogP contribution < -0.4 is 15.4 Å². The first-order valence-electron chi connectivity index (χ1n) is 6.62. The van der Waals surface area contributed by atoms with Gasteiger partial charge in [-0.2, -0.15) is 15.2 Å². The van der Waals surface area contributed by atoms with Gasteiger partial charge in [-0.1, -0.05) is 11.8 Å². The van der Waals surface area contributed by atoms with Gasteiger partial charge in [-0.15, -0.1) is 0 Å². The number of nitro groups is 1. The van der Waals surface area contributed by atoms with Gasteiger partial charge in [-0.3, -0.25) is 10.1 Å². The summed E-state index contributed by atoms with van der Waals surface area (Å²) in [4.78, 5) is 20.1. The lowest BCUT2D eigenvalue weighted by atomic mass is 10.2.